The van der Waals surface area contributed by atoms with Crippen molar-refractivity contribution in [3.05, 3.63) is 52.8 Å². The number of pyridine rings is 1. The lowest BCUT2D eigenvalue weighted by atomic mass is 10.0. The number of nitrogens with zero attached hydrogens (tertiary/aromatic N) is 1. The number of hydrogen-bond donors (Lipinski definition) is 0. The van der Waals surface area contributed by atoms with Gasteiger partial charge in [0.25, 0.3) is 0 Å². The molecule has 0 atom stereocenters. The molecule has 0 bridgehead atoms. The average molecular weight is 218 g/mol. The summed E-state index contributed by atoms with van der Waals surface area (Å²) in [7, 11) is 0. The summed E-state index contributed by atoms with van der Waals surface area (Å²) in [5, 5.41) is 0.576. The van der Waals surface area contributed by atoms with E-state index < -0.39 is 0 Å². The zero-order valence-electron chi connectivity index (χ0n) is 8.79. The van der Waals surface area contributed by atoms with Crippen molar-refractivity contribution in [3.63, 3.8) is 0 Å². The van der Waals surface area contributed by atoms with E-state index in [9.17, 15) is 0 Å². The van der Waals surface area contributed by atoms with Crippen LogP contribution in [0.4, 0.5) is 0 Å². The Morgan fingerprint density at radius 2 is 1.80 bits per heavy atom. The number of aryl methyl sites for hydroxylation is 2. The normalized spacial score (nSPS) is 10.3. The van der Waals surface area contributed by atoms with Crippen LogP contribution in [0.25, 0.3) is 11.1 Å². The first-order chi connectivity index (χ1) is 7.18. The van der Waals surface area contributed by atoms with Crippen molar-refractivity contribution in [2.75, 3.05) is 0 Å². The minimum absolute atomic E-state index is 0.576. The van der Waals surface area contributed by atoms with E-state index in [0.717, 1.165) is 11.1 Å². The molecule has 0 aliphatic rings. The molecule has 2 heteroatoms. The van der Waals surface area contributed by atoms with E-state index in [-0.39, 0.29) is 0 Å². The summed E-state index contributed by atoms with van der Waals surface area (Å²) in [6, 6.07) is 10.3. The molecule has 0 aliphatic carbocycles. The molecule has 0 aliphatic heterocycles. The van der Waals surface area contributed by atoms with Crippen molar-refractivity contribution in [1.29, 1.82) is 0 Å². The first-order valence-corrected chi connectivity index (χ1v) is 5.24. The predicted octanol–water partition coefficient (Wildman–Crippen LogP) is 4.02. The van der Waals surface area contributed by atoms with Gasteiger partial charge in [-0.15, -0.1) is 0 Å². The Balaban J connectivity index is 2.55. The van der Waals surface area contributed by atoms with Crippen LogP contribution in [0.5, 0.6) is 0 Å². The van der Waals surface area contributed by atoms with Crippen LogP contribution >= 0.6 is 11.6 Å². The highest BCUT2D eigenvalue weighted by Gasteiger charge is 2.03. The molecule has 1 heterocycles. The quantitative estimate of drug-likeness (QED) is 0.658. The Kier molecular flexibility index (Phi) is 2.74. The minimum atomic E-state index is 0.576. The van der Waals surface area contributed by atoms with Crippen LogP contribution in [-0.4, -0.2) is 4.98 Å². The van der Waals surface area contributed by atoms with Gasteiger partial charge >= 0.3 is 0 Å². The second kappa shape index (κ2) is 4.03. The molecule has 2 rings (SSSR count). The molecule has 0 spiro atoms. The van der Waals surface area contributed by atoms with Gasteiger partial charge in [0.2, 0.25) is 0 Å². The Morgan fingerprint density at radius 1 is 1.07 bits per heavy atom. The first kappa shape index (κ1) is 10.2. The number of benzene rings is 1. The standard InChI is InChI=1S/C13H12ClN/c1-9-5-3-4-6-12(9)11-7-10(2)13(14)15-8-11/h3-8H,1-2H3. The average Bonchev–Trinajstić information content (AvgIpc) is 2.23. The third-order valence-corrected chi connectivity index (χ3v) is 2.87. The lowest BCUT2D eigenvalue weighted by Gasteiger charge is -2.06. The molecule has 0 saturated carbocycles. The fourth-order valence-corrected chi connectivity index (χ4v) is 1.71. The maximum atomic E-state index is 5.90. The number of rotatable bonds is 1. The summed E-state index contributed by atoms with van der Waals surface area (Å²) in [5.41, 5.74) is 4.60. The molecule has 15 heavy (non-hydrogen) atoms. The highest BCUT2D eigenvalue weighted by Crippen LogP contribution is 2.25. The van der Waals surface area contributed by atoms with E-state index in [1.54, 1.807) is 0 Å². The second-order valence-electron chi connectivity index (χ2n) is 3.65. The highest BCUT2D eigenvalue weighted by molar-refractivity contribution is 6.30. The van der Waals surface area contributed by atoms with E-state index in [1.165, 1.54) is 11.1 Å². The van der Waals surface area contributed by atoms with Gasteiger partial charge in [-0.1, -0.05) is 35.9 Å². The lowest BCUT2D eigenvalue weighted by Crippen LogP contribution is -1.87. The van der Waals surface area contributed by atoms with Gasteiger partial charge in [-0.05, 0) is 36.6 Å². The maximum absolute atomic E-state index is 5.90. The molecular weight excluding hydrogens is 206 g/mol. The largest absolute Gasteiger partial charge is 0.244 e. The van der Waals surface area contributed by atoms with Crippen LogP contribution in [0.2, 0.25) is 5.15 Å². The van der Waals surface area contributed by atoms with Crippen LogP contribution in [0.1, 0.15) is 11.1 Å². The molecule has 0 saturated heterocycles. The molecular formula is C13H12ClN. The zero-order valence-corrected chi connectivity index (χ0v) is 9.55. The topological polar surface area (TPSA) is 12.9 Å². The van der Waals surface area contributed by atoms with Crippen molar-refractivity contribution in [2.24, 2.45) is 0 Å². The van der Waals surface area contributed by atoms with Crippen molar-refractivity contribution in [3.8, 4) is 11.1 Å². The smallest absolute Gasteiger partial charge is 0.131 e. The van der Waals surface area contributed by atoms with Gasteiger partial charge in [0.05, 0.1) is 0 Å². The Labute approximate surface area is 94.7 Å². The Morgan fingerprint density at radius 3 is 2.47 bits per heavy atom. The molecule has 2 aromatic rings. The van der Waals surface area contributed by atoms with E-state index in [0.29, 0.717) is 5.15 Å². The fraction of sp³-hybridized carbons (Fsp3) is 0.154. The van der Waals surface area contributed by atoms with Gasteiger partial charge in [-0.2, -0.15) is 0 Å². The van der Waals surface area contributed by atoms with Crippen molar-refractivity contribution in [1.82, 2.24) is 4.98 Å². The molecule has 1 aromatic heterocycles. The zero-order chi connectivity index (χ0) is 10.8. The molecule has 0 N–H and O–H groups in total. The van der Waals surface area contributed by atoms with Crippen LogP contribution in [0.3, 0.4) is 0 Å². The van der Waals surface area contributed by atoms with E-state index in [4.69, 9.17) is 11.6 Å². The number of aromatic nitrogens is 1. The highest BCUT2D eigenvalue weighted by atomic mass is 35.5. The molecule has 76 valence electrons. The molecule has 1 nitrogen and oxygen atoms in total. The van der Waals surface area contributed by atoms with E-state index in [2.05, 4.69) is 30.1 Å². The van der Waals surface area contributed by atoms with Crippen molar-refractivity contribution in [2.45, 2.75) is 13.8 Å². The van der Waals surface area contributed by atoms with Crippen LogP contribution in [0, 0.1) is 13.8 Å². The summed E-state index contributed by atoms with van der Waals surface area (Å²) in [6.07, 6.45) is 1.82. The second-order valence-corrected chi connectivity index (χ2v) is 4.00. The third-order valence-electron chi connectivity index (χ3n) is 2.47. The first-order valence-electron chi connectivity index (χ1n) is 4.86. The van der Waals surface area contributed by atoms with Crippen LogP contribution in [-0.2, 0) is 0 Å². The Hall–Kier alpha value is -1.34. The fourth-order valence-electron chi connectivity index (χ4n) is 1.60. The van der Waals surface area contributed by atoms with Crippen LogP contribution in [0.15, 0.2) is 36.5 Å². The van der Waals surface area contributed by atoms with Crippen molar-refractivity contribution < 1.29 is 0 Å². The summed E-state index contributed by atoms with van der Waals surface area (Å²) < 4.78 is 0. The van der Waals surface area contributed by atoms with E-state index >= 15 is 0 Å². The SMILES string of the molecule is Cc1ccccc1-c1cnc(Cl)c(C)c1. The lowest BCUT2D eigenvalue weighted by molar-refractivity contribution is 1.26. The summed E-state index contributed by atoms with van der Waals surface area (Å²) >= 11 is 5.90. The molecule has 0 fully saturated rings. The minimum Gasteiger partial charge on any atom is -0.244 e. The van der Waals surface area contributed by atoms with Gasteiger partial charge in [-0.25, -0.2) is 4.98 Å². The maximum Gasteiger partial charge on any atom is 0.131 e. The number of hydrogen-bond acceptors (Lipinski definition) is 1. The summed E-state index contributed by atoms with van der Waals surface area (Å²) in [6.45, 7) is 4.07. The monoisotopic (exact) mass is 217 g/mol. The predicted molar refractivity (Wildman–Crippen MR) is 64.2 cm³/mol. The van der Waals surface area contributed by atoms with Gasteiger partial charge < -0.3 is 0 Å². The summed E-state index contributed by atoms with van der Waals surface area (Å²) in [4.78, 5) is 4.16. The summed E-state index contributed by atoms with van der Waals surface area (Å²) in [5.74, 6) is 0. The van der Waals surface area contributed by atoms with Crippen molar-refractivity contribution >= 4 is 11.6 Å². The Bertz CT molecular complexity index is 492. The molecule has 0 amide bonds. The van der Waals surface area contributed by atoms with Gasteiger partial charge in [0.15, 0.2) is 0 Å². The third kappa shape index (κ3) is 2.02. The van der Waals surface area contributed by atoms with E-state index in [1.807, 2.05) is 25.3 Å². The molecule has 0 radical (unpaired) electrons. The van der Waals surface area contributed by atoms with Gasteiger partial charge in [0, 0.05) is 11.8 Å². The molecule has 0 unspecified atom stereocenters. The number of halogens is 1. The van der Waals surface area contributed by atoms with Gasteiger partial charge in [0.1, 0.15) is 5.15 Å². The molecule has 1 aromatic carbocycles. The van der Waals surface area contributed by atoms with Gasteiger partial charge in [-0.3, -0.25) is 0 Å². The van der Waals surface area contributed by atoms with Crippen LogP contribution < -0.4 is 0 Å².